The van der Waals surface area contributed by atoms with Crippen LogP contribution in [0.4, 0.5) is 0 Å². The van der Waals surface area contributed by atoms with Gasteiger partial charge < -0.3 is 15.8 Å². The molecule has 2 amide bonds. The number of aryl methyl sites for hydroxylation is 2. The van der Waals surface area contributed by atoms with Crippen LogP contribution in [0.15, 0.2) is 12.1 Å². The summed E-state index contributed by atoms with van der Waals surface area (Å²) in [5.74, 6) is -0.932. The summed E-state index contributed by atoms with van der Waals surface area (Å²) >= 11 is 0. The van der Waals surface area contributed by atoms with Gasteiger partial charge in [0.15, 0.2) is 0 Å². The molecule has 1 aromatic rings. The molecule has 0 aromatic heterocycles. The van der Waals surface area contributed by atoms with E-state index in [1.165, 1.54) is 0 Å². The topological polar surface area (TPSA) is 81.4 Å². The third-order valence-corrected chi connectivity index (χ3v) is 2.40. The second-order valence-electron chi connectivity index (χ2n) is 3.81. The van der Waals surface area contributed by atoms with Crippen molar-refractivity contribution >= 4 is 11.8 Å². The molecule has 0 unspecified atom stereocenters. The van der Waals surface area contributed by atoms with E-state index in [9.17, 15) is 9.59 Å². The predicted octanol–water partition coefficient (Wildman–Crippen LogP) is 0.414. The van der Waals surface area contributed by atoms with Crippen molar-refractivity contribution in [3.8, 4) is 5.75 Å². The SMILES string of the molecule is COc1c(C)cc(CNC(=O)C(N)=O)cc1C. The van der Waals surface area contributed by atoms with E-state index in [-0.39, 0.29) is 6.54 Å². The van der Waals surface area contributed by atoms with Crippen LogP contribution in [0.5, 0.6) is 5.75 Å². The molecule has 0 fully saturated rings. The van der Waals surface area contributed by atoms with Gasteiger partial charge in [-0.25, -0.2) is 0 Å². The molecule has 0 radical (unpaired) electrons. The van der Waals surface area contributed by atoms with Crippen molar-refractivity contribution in [3.63, 3.8) is 0 Å². The molecule has 5 nitrogen and oxygen atoms in total. The van der Waals surface area contributed by atoms with Gasteiger partial charge in [-0.2, -0.15) is 0 Å². The fourth-order valence-electron chi connectivity index (χ4n) is 1.73. The first-order valence-electron chi connectivity index (χ1n) is 5.17. The van der Waals surface area contributed by atoms with Crippen LogP contribution < -0.4 is 15.8 Å². The minimum Gasteiger partial charge on any atom is -0.496 e. The van der Waals surface area contributed by atoms with Crippen LogP contribution in [0.3, 0.4) is 0 Å². The minimum absolute atomic E-state index is 0.271. The maximum absolute atomic E-state index is 11.0. The third-order valence-electron chi connectivity index (χ3n) is 2.40. The number of methoxy groups -OCH3 is 1. The maximum Gasteiger partial charge on any atom is 0.309 e. The largest absolute Gasteiger partial charge is 0.496 e. The number of rotatable bonds is 3. The average molecular weight is 236 g/mol. The molecule has 0 heterocycles. The van der Waals surface area contributed by atoms with Crippen molar-refractivity contribution in [2.75, 3.05) is 7.11 Å². The van der Waals surface area contributed by atoms with Gasteiger partial charge in [-0.05, 0) is 30.5 Å². The van der Waals surface area contributed by atoms with Crippen molar-refractivity contribution in [1.29, 1.82) is 0 Å². The van der Waals surface area contributed by atoms with E-state index < -0.39 is 11.8 Å². The molecular weight excluding hydrogens is 220 g/mol. The Morgan fingerprint density at radius 3 is 2.24 bits per heavy atom. The Balaban J connectivity index is 2.80. The summed E-state index contributed by atoms with van der Waals surface area (Å²) in [6, 6.07) is 3.79. The van der Waals surface area contributed by atoms with Crippen LogP contribution >= 0.6 is 0 Å². The fraction of sp³-hybridized carbons (Fsp3) is 0.333. The summed E-state index contributed by atoms with van der Waals surface area (Å²) in [4.78, 5) is 21.5. The summed E-state index contributed by atoms with van der Waals surface area (Å²) in [7, 11) is 1.61. The number of carbonyl (C=O) groups excluding carboxylic acids is 2. The molecule has 0 bridgehead atoms. The van der Waals surface area contributed by atoms with E-state index in [4.69, 9.17) is 10.5 Å². The number of nitrogens with two attached hydrogens (primary N) is 1. The highest BCUT2D eigenvalue weighted by molar-refractivity contribution is 6.34. The quantitative estimate of drug-likeness (QED) is 0.746. The summed E-state index contributed by atoms with van der Waals surface area (Å²) in [5, 5.41) is 2.44. The first-order valence-corrected chi connectivity index (χ1v) is 5.17. The molecule has 1 rings (SSSR count). The van der Waals surface area contributed by atoms with Crippen LogP contribution in [0.25, 0.3) is 0 Å². The second kappa shape index (κ2) is 5.34. The van der Waals surface area contributed by atoms with Crippen molar-refractivity contribution in [2.24, 2.45) is 5.73 Å². The molecule has 0 aliphatic carbocycles. The number of nitrogens with one attached hydrogen (secondary N) is 1. The zero-order chi connectivity index (χ0) is 13.0. The number of hydrogen-bond acceptors (Lipinski definition) is 3. The Morgan fingerprint density at radius 2 is 1.82 bits per heavy atom. The molecule has 92 valence electrons. The van der Waals surface area contributed by atoms with Crippen LogP contribution in [0, 0.1) is 13.8 Å². The van der Waals surface area contributed by atoms with Gasteiger partial charge in [-0.1, -0.05) is 12.1 Å². The number of benzene rings is 1. The van der Waals surface area contributed by atoms with Crippen LogP contribution in [0.2, 0.25) is 0 Å². The van der Waals surface area contributed by atoms with Gasteiger partial charge in [-0.3, -0.25) is 9.59 Å². The van der Waals surface area contributed by atoms with Gasteiger partial charge in [0.25, 0.3) is 0 Å². The van der Waals surface area contributed by atoms with Crippen molar-refractivity contribution in [1.82, 2.24) is 5.32 Å². The van der Waals surface area contributed by atoms with E-state index in [0.29, 0.717) is 0 Å². The van der Waals surface area contributed by atoms with E-state index >= 15 is 0 Å². The maximum atomic E-state index is 11.0. The number of carbonyl (C=O) groups is 2. The normalized spacial score (nSPS) is 9.82. The Bertz CT molecular complexity index is 432. The van der Waals surface area contributed by atoms with Crippen molar-refractivity contribution in [2.45, 2.75) is 20.4 Å². The van der Waals surface area contributed by atoms with Crippen LogP contribution in [-0.2, 0) is 16.1 Å². The first kappa shape index (κ1) is 13.0. The molecule has 0 atom stereocenters. The highest BCUT2D eigenvalue weighted by atomic mass is 16.5. The van der Waals surface area contributed by atoms with Gasteiger partial charge in [-0.15, -0.1) is 0 Å². The Hall–Kier alpha value is -2.04. The zero-order valence-electron chi connectivity index (χ0n) is 10.2. The van der Waals surface area contributed by atoms with Gasteiger partial charge in [0.05, 0.1) is 7.11 Å². The van der Waals surface area contributed by atoms with Crippen LogP contribution in [0.1, 0.15) is 16.7 Å². The smallest absolute Gasteiger partial charge is 0.309 e. The lowest BCUT2D eigenvalue weighted by atomic mass is 10.1. The standard InChI is InChI=1S/C12H16N2O3/c1-7-4-9(5-8(2)10(7)17-3)6-14-12(16)11(13)15/h4-5H,6H2,1-3H3,(H2,13,15)(H,14,16). The van der Waals surface area contributed by atoms with Gasteiger partial charge in [0.2, 0.25) is 0 Å². The third kappa shape index (κ3) is 3.21. The highest BCUT2D eigenvalue weighted by Gasteiger charge is 2.09. The van der Waals surface area contributed by atoms with E-state index in [1.807, 2.05) is 26.0 Å². The predicted molar refractivity (Wildman–Crippen MR) is 63.5 cm³/mol. The molecule has 5 heteroatoms. The number of primary amides is 1. The molecule has 0 saturated heterocycles. The fourth-order valence-corrected chi connectivity index (χ4v) is 1.73. The number of amides is 2. The molecule has 3 N–H and O–H groups in total. The highest BCUT2D eigenvalue weighted by Crippen LogP contribution is 2.24. The summed E-state index contributed by atoms with van der Waals surface area (Å²) in [5.41, 5.74) is 7.70. The van der Waals surface area contributed by atoms with Gasteiger partial charge >= 0.3 is 11.8 Å². The lowest BCUT2D eigenvalue weighted by molar-refractivity contribution is -0.137. The van der Waals surface area contributed by atoms with Gasteiger partial charge in [0, 0.05) is 6.54 Å². The minimum atomic E-state index is -0.980. The molecule has 0 aliphatic heterocycles. The van der Waals surface area contributed by atoms with E-state index in [2.05, 4.69) is 5.32 Å². The molecule has 1 aromatic carbocycles. The molecule has 0 aliphatic rings. The van der Waals surface area contributed by atoms with Crippen LogP contribution in [-0.4, -0.2) is 18.9 Å². The van der Waals surface area contributed by atoms with Crippen molar-refractivity contribution < 1.29 is 14.3 Å². The van der Waals surface area contributed by atoms with E-state index in [1.54, 1.807) is 7.11 Å². The van der Waals surface area contributed by atoms with Gasteiger partial charge in [0.1, 0.15) is 5.75 Å². The zero-order valence-corrected chi connectivity index (χ0v) is 10.2. The Kier molecular flexibility index (Phi) is 4.09. The average Bonchev–Trinajstić information content (AvgIpc) is 2.25. The Morgan fingerprint density at radius 1 is 1.29 bits per heavy atom. The second-order valence-corrected chi connectivity index (χ2v) is 3.81. The number of hydrogen-bond donors (Lipinski definition) is 2. The lowest BCUT2D eigenvalue weighted by Crippen LogP contribution is -2.35. The van der Waals surface area contributed by atoms with E-state index in [0.717, 1.165) is 22.4 Å². The molecular formula is C12H16N2O3. The summed E-state index contributed by atoms with van der Waals surface area (Å²) < 4.78 is 5.23. The molecule has 17 heavy (non-hydrogen) atoms. The molecule has 0 saturated carbocycles. The summed E-state index contributed by atoms with van der Waals surface area (Å²) in [6.45, 7) is 4.12. The summed E-state index contributed by atoms with van der Waals surface area (Å²) in [6.07, 6.45) is 0. The Labute approximate surface area is 99.9 Å². The monoisotopic (exact) mass is 236 g/mol. The number of ether oxygens (including phenoxy) is 1. The van der Waals surface area contributed by atoms with Crippen molar-refractivity contribution in [3.05, 3.63) is 28.8 Å². The molecule has 0 spiro atoms. The lowest BCUT2D eigenvalue weighted by Gasteiger charge is -2.11. The first-order chi connectivity index (χ1) is 7.95.